The van der Waals surface area contributed by atoms with E-state index in [0.29, 0.717) is 21.6 Å². The van der Waals surface area contributed by atoms with Crippen molar-refractivity contribution in [3.63, 3.8) is 0 Å². The number of hydrogen-bond acceptors (Lipinski definition) is 5. The van der Waals surface area contributed by atoms with Gasteiger partial charge in [0.2, 0.25) is 5.91 Å². The van der Waals surface area contributed by atoms with Crippen molar-refractivity contribution in [1.29, 1.82) is 0 Å². The monoisotopic (exact) mass is 504 g/mol. The van der Waals surface area contributed by atoms with Crippen molar-refractivity contribution in [3.05, 3.63) is 77.3 Å². The lowest BCUT2D eigenvalue weighted by molar-refractivity contribution is -0.114. The largest absolute Gasteiger partial charge is 0.495 e. The molecule has 162 valence electrons. The summed E-state index contributed by atoms with van der Waals surface area (Å²) in [5.41, 5.74) is 0.792. The maximum atomic E-state index is 13.6. The van der Waals surface area contributed by atoms with Crippen LogP contribution in [-0.4, -0.2) is 35.1 Å². The van der Waals surface area contributed by atoms with Crippen molar-refractivity contribution < 1.29 is 22.7 Å². The minimum absolute atomic E-state index is 0.0571. The summed E-state index contributed by atoms with van der Waals surface area (Å²) in [6.07, 6.45) is 0. The van der Waals surface area contributed by atoms with Gasteiger partial charge in [0.1, 0.15) is 22.9 Å². The van der Waals surface area contributed by atoms with Gasteiger partial charge in [-0.05, 0) is 42.5 Å². The molecule has 0 spiro atoms. The van der Waals surface area contributed by atoms with Crippen LogP contribution in [0.15, 0.2) is 82.2 Å². The number of ether oxygens (including phenoxy) is 2. The Morgan fingerprint density at radius 2 is 1.58 bits per heavy atom. The van der Waals surface area contributed by atoms with E-state index in [0.717, 1.165) is 4.31 Å². The van der Waals surface area contributed by atoms with Gasteiger partial charge in [-0.25, -0.2) is 8.42 Å². The van der Waals surface area contributed by atoms with Gasteiger partial charge in [-0.1, -0.05) is 46.3 Å². The van der Waals surface area contributed by atoms with Crippen LogP contribution in [0.4, 0.5) is 11.4 Å². The Hall–Kier alpha value is -3.04. The Kier molecular flexibility index (Phi) is 7.19. The number of sulfonamides is 1. The fourth-order valence-electron chi connectivity index (χ4n) is 2.95. The highest BCUT2D eigenvalue weighted by atomic mass is 79.9. The van der Waals surface area contributed by atoms with Crippen LogP contribution < -0.4 is 19.1 Å². The Bertz CT molecular complexity index is 1170. The predicted octanol–water partition coefficient (Wildman–Crippen LogP) is 4.30. The zero-order chi connectivity index (χ0) is 22.4. The van der Waals surface area contributed by atoms with E-state index in [9.17, 15) is 13.2 Å². The fraction of sp³-hybridized carbons (Fsp3) is 0.136. The molecule has 0 radical (unpaired) electrons. The summed E-state index contributed by atoms with van der Waals surface area (Å²) >= 11 is 3.30. The first-order chi connectivity index (χ1) is 14.9. The van der Waals surface area contributed by atoms with Gasteiger partial charge in [-0.3, -0.25) is 9.10 Å². The molecule has 1 N–H and O–H groups in total. The molecule has 3 aromatic carbocycles. The quantitative estimate of drug-likeness (QED) is 0.494. The zero-order valence-corrected chi connectivity index (χ0v) is 19.3. The summed E-state index contributed by atoms with van der Waals surface area (Å²) in [5, 5.41) is 2.71. The number of rotatable bonds is 8. The molecular formula is C22H21BrN2O5S. The maximum absolute atomic E-state index is 13.6. The van der Waals surface area contributed by atoms with Gasteiger partial charge in [0.25, 0.3) is 10.0 Å². The van der Waals surface area contributed by atoms with Crippen LogP contribution in [0.25, 0.3) is 0 Å². The van der Waals surface area contributed by atoms with Crippen molar-refractivity contribution in [2.45, 2.75) is 4.90 Å². The number of benzene rings is 3. The molecule has 0 atom stereocenters. The second kappa shape index (κ2) is 9.84. The van der Waals surface area contributed by atoms with Crippen molar-refractivity contribution in [1.82, 2.24) is 0 Å². The molecule has 0 fully saturated rings. The third-order valence-electron chi connectivity index (χ3n) is 4.41. The first-order valence-electron chi connectivity index (χ1n) is 9.21. The highest BCUT2D eigenvalue weighted by Crippen LogP contribution is 2.32. The summed E-state index contributed by atoms with van der Waals surface area (Å²) in [7, 11) is -1.25. The van der Waals surface area contributed by atoms with E-state index >= 15 is 0 Å². The molecule has 0 aliphatic carbocycles. The topological polar surface area (TPSA) is 84.9 Å². The number of halogens is 1. The highest BCUT2D eigenvalue weighted by molar-refractivity contribution is 9.10. The Balaban J connectivity index is 2.00. The number of nitrogens with one attached hydrogen (secondary N) is 1. The Labute approximate surface area is 189 Å². The molecule has 0 aliphatic rings. The van der Waals surface area contributed by atoms with Crippen molar-refractivity contribution in [2.75, 3.05) is 30.4 Å². The molecule has 0 saturated heterocycles. The average Bonchev–Trinajstić information content (AvgIpc) is 2.78. The van der Waals surface area contributed by atoms with E-state index in [1.165, 1.54) is 20.3 Å². The summed E-state index contributed by atoms with van der Waals surface area (Å²) in [4.78, 5) is 12.8. The molecule has 0 bridgehead atoms. The molecule has 3 rings (SSSR count). The predicted molar refractivity (Wildman–Crippen MR) is 123 cm³/mol. The number of carbonyl (C=O) groups is 1. The van der Waals surface area contributed by atoms with Crippen molar-refractivity contribution in [2.24, 2.45) is 0 Å². The van der Waals surface area contributed by atoms with Gasteiger partial charge < -0.3 is 14.8 Å². The van der Waals surface area contributed by atoms with Crippen LogP contribution in [0.5, 0.6) is 11.5 Å². The van der Waals surface area contributed by atoms with Crippen molar-refractivity contribution >= 4 is 43.2 Å². The molecule has 0 heterocycles. The lowest BCUT2D eigenvalue weighted by atomic mass is 10.3. The van der Waals surface area contributed by atoms with E-state index in [-0.39, 0.29) is 10.6 Å². The third kappa shape index (κ3) is 5.18. The smallest absolute Gasteiger partial charge is 0.268 e. The SMILES string of the molecule is COc1ccccc1NC(=O)CN(c1ccccc1)S(=O)(=O)c1cc(Br)ccc1OC. The number of nitrogens with zero attached hydrogens (tertiary/aromatic N) is 1. The van der Waals surface area contributed by atoms with Gasteiger partial charge >= 0.3 is 0 Å². The normalized spacial score (nSPS) is 10.9. The molecule has 3 aromatic rings. The van der Waals surface area contributed by atoms with Gasteiger partial charge in [0, 0.05) is 4.47 Å². The number of para-hydroxylation sites is 3. The first-order valence-corrected chi connectivity index (χ1v) is 11.4. The molecule has 0 unspecified atom stereocenters. The van der Waals surface area contributed by atoms with Gasteiger partial charge in [0.05, 0.1) is 25.6 Å². The number of methoxy groups -OCH3 is 2. The molecule has 0 saturated carbocycles. The zero-order valence-electron chi connectivity index (χ0n) is 16.9. The minimum Gasteiger partial charge on any atom is -0.495 e. The number of anilines is 2. The molecule has 7 nitrogen and oxygen atoms in total. The van der Waals surface area contributed by atoms with Gasteiger partial charge in [-0.15, -0.1) is 0 Å². The lowest BCUT2D eigenvalue weighted by Gasteiger charge is -2.25. The van der Waals surface area contributed by atoms with E-state index in [1.807, 2.05) is 0 Å². The van der Waals surface area contributed by atoms with Crippen LogP contribution in [-0.2, 0) is 14.8 Å². The van der Waals surface area contributed by atoms with Gasteiger partial charge in [-0.2, -0.15) is 0 Å². The molecule has 1 amide bonds. The second-order valence-electron chi connectivity index (χ2n) is 6.39. The number of hydrogen-bond donors (Lipinski definition) is 1. The number of carbonyl (C=O) groups excluding carboxylic acids is 1. The average molecular weight is 505 g/mol. The molecule has 0 aromatic heterocycles. The molecule has 0 aliphatic heterocycles. The first kappa shape index (κ1) is 22.6. The molecule has 31 heavy (non-hydrogen) atoms. The lowest BCUT2D eigenvalue weighted by Crippen LogP contribution is -2.38. The summed E-state index contributed by atoms with van der Waals surface area (Å²) in [5.74, 6) is 0.124. The summed E-state index contributed by atoms with van der Waals surface area (Å²) in [6.45, 7) is -0.444. The Morgan fingerprint density at radius 1 is 0.935 bits per heavy atom. The number of amides is 1. The molecular weight excluding hydrogens is 484 g/mol. The minimum atomic E-state index is -4.14. The van der Waals surface area contributed by atoms with Crippen LogP contribution in [0.1, 0.15) is 0 Å². The highest BCUT2D eigenvalue weighted by Gasteiger charge is 2.30. The van der Waals surface area contributed by atoms with E-state index in [2.05, 4.69) is 21.2 Å². The van der Waals surface area contributed by atoms with Crippen LogP contribution in [0, 0.1) is 0 Å². The van der Waals surface area contributed by atoms with E-state index < -0.39 is 22.5 Å². The summed E-state index contributed by atoms with van der Waals surface area (Å²) in [6, 6.07) is 20.0. The van der Waals surface area contributed by atoms with Crippen molar-refractivity contribution in [3.8, 4) is 11.5 Å². The van der Waals surface area contributed by atoms with Gasteiger partial charge in [0.15, 0.2) is 0 Å². The summed E-state index contributed by atoms with van der Waals surface area (Å²) < 4.78 is 39.3. The standard InChI is InChI=1S/C22H21BrN2O5S/c1-29-19-11-7-6-10-18(19)24-22(26)15-25(17-8-4-3-5-9-17)31(27,28)21-14-16(23)12-13-20(21)30-2/h3-14H,15H2,1-2H3,(H,24,26). The molecule has 9 heteroatoms. The Morgan fingerprint density at radius 3 is 2.26 bits per heavy atom. The second-order valence-corrected chi connectivity index (χ2v) is 9.14. The van der Waals surface area contributed by atoms with Crippen LogP contribution in [0.2, 0.25) is 0 Å². The van der Waals surface area contributed by atoms with E-state index in [1.54, 1.807) is 66.7 Å². The fourth-order valence-corrected chi connectivity index (χ4v) is 5.07. The maximum Gasteiger partial charge on any atom is 0.268 e. The van der Waals surface area contributed by atoms with E-state index in [4.69, 9.17) is 9.47 Å². The third-order valence-corrected chi connectivity index (χ3v) is 6.69. The van der Waals surface area contributed by atoms with Crippen LogP contribution >= 0.6 is 15.9 Å². The van der Waals surface area contributed by atoms with Crippen LogP contribution in [0.3, 0.4) is 0 Å².